The van der Waals surface area contributed by atoms with Crippen LogP contribution in [0.4, 0.5) is 0 Å². The summed E-state index contributed by atoms with van der Waals surface area (Å²) < 4.78 is 10.7. The molecule has 3 N–H and O–H groups in total. The van der Waals surface area contributed by atoms with Crippen molar-refractivity contribution in [1.29, 1.82) is 0 Å². The molecule has 26 heavy (non-hydrogen) atoms. The summed E-state index contributed by atoms with van der Waals surface area (Å²) in [5.74, 6) is -1.19. The van der Waals surface area contributed by atoms with E-state index in [-0.39, 0.29) is 6.04 Å². The average molecular weight is 359 g/mol. The third kappa shape index (κ3) is 5.97. The third-order valence-electron chi connectivity index (χ3n) is 3.39. The van der Waals surface area contributed by atoms with Gasteiger partial charge in [-0.1, -0.05) is 18.7 Å². The molecule has 0 spiro atoms. The van der Waals surface area contributed by atoms with Gasteiger partial charge in [0, 0.05) is 12.1 Å². The second-order valence-electron chi connectivity index (χ2n) is 5.53. The van der Waals surface area contributed by atoms with Gasteiger partial charge in [-0.25, -0.2) is 0 Å². The molecule has 0 aromatic heterocycles. The predicted octanol–water partition coefficient (Wildman–Crippen LogP) is 0.699. The summed E-state index contributed by atoms with van der Waals surface area (Å²) in [7, 11) is 1.51. The van der Waals surface area contributed by atoms with Gasteiger partial charge in [-0.3, -0.25) is 25.2 Å². The number of hydrazine groups is 1. The maximum Gasteiger partial charge on any atom is 0.327 e. The van der Waals surface area contributed by atoms with E-state index in [4.69, 9.17) is 9.47 Å². The van der Waals surface area contributed by atoms with Crippen molar-refractivity contribution >= 4 is 23.8 Å². The van der Waals surface area contributed by atoms with Crippen molar-refractivity contribution < 1.29 is 23.9 Å². The molecular weight excluding hydrogens is 338 g/mol. The van der Waals surface area contributed by atoms with Crippen LogP contribution in [0.15, 0.2) is 36.9 Å². The number of rotatable bonds is 7. The zero-order valence-electron chi connectivity index (χ0n) is 14.4. The fraction of sp³-hybridized carbons (Fsp3) is 0.278. The molecule has 138 valence electrons. The summed E-state index contributed by atoms with van der Waals surface area (Å²) in [6, 6.07) is 5.22. The van der Waals surface area contributed by atoms with Crippen molar-refractivity contribution in [3.63, 3.8) is 0 Å². The maximum absolute atomic E-state index is 11.7. The fourth-order valence-electron chi connectivity index (χ4n) is 1.92. The Hall–Kier alpha value is -3.29. The van der Waals surface area contributed by atoms with E-state index >= 15 is 0 Å². The molecule has 0 radical (unpaired) electrons. The molecule has 1 aliphatic rings. The van der Waals surface area contributed by atoms with E-state index in [2.05, 4.69) is 22.7 Å². The fourth-order valence-corrected chi connectivity index (χ4v) is 1.92. The lowest BCUT2D eigenvalue weighted by Gasteiger charge is -2.09. The van der Waals surface area contributed by atoms with Gasteiger partial charge in [0.1, 0.15) is 6.61 Å². The Balaban J connectivity index is 1.85. The van der Waals surface area contributed by atoms with Crippen LogP contribution in [0.25, 0.3) is 6.08 Å². The molecular formula is C18H21N3O5. The number of hydrogen-bond acceptors (Lipinski definition) is 5. The Morgan fingerprint density at radius 1 is 1.19 bits per heavy atom. The van der Waals surface area contributed by atoms with Crippen LogP contribution in [0.3, 0.4) is 0 Å². The molecule has 1 aromatic rings. The molecule has 2 rings (SSSR count). The minimum absolute atomic E-state index is 0.0669. The molecule has 0 bridgehead atoms. The summed E-state index contributed by atoms with van der Waals surface area (Å²) in [5.41, 5.74) is 4.89. The van der Waals surface area contributed by atoms with Gasteiger partial charge in [-0.15, -0.1) is 0 Å². The lowest BCUT2D eigenvalue weighted by atomic mass is 10.2. The van der Waals surface area contributed by atoms with Crippen LogP contribution in [0, 0.1) is 0 Å². The van der Waals surface area contributed by atoms with Crippen LogP contribution in [0.2, 0.25) is 0 Å². The second-order valence-corrected chi connectivity index (χ2v) is 5.53. The van der Waals surface area contributed by atoms with E-state index in [0.717, 1.165) is 12.8 Å². The van der Waals surface area contributed by atoms with Crippen LogP contribution in [0.5, 0.6) is 11.5 Å². The molecule has 1 fully saturated rings. The number of carbonyl (C=O) groups excluding carboxylic acids is 3. The van der Waals surface area contributed by atoms with Gasteiger partial charge in [-0.05, 0) is 36.6 Å². The molecule has 3 amide bonds. The van der Waals surface area contributed by atoms with E-state index in [9.17, 15) is 14.4 Å². The van der Waals surface area contributed by atoms with E-state index in [1.54, 1.807) is 24.3 Å². The molecule has 1 saturated carbocycles. The highest BCUT2D eigenvalue weighted by Crippen LogP contribution is 2.28. The van der Waals surface area contributed by atoms with E-state index in [0.29, 0.717) is 23.7 Å². The summed E-state index contributed by atoms with van der Waals surface area (Å²) in [5, 5.41) is 2.52. The van der Waals surface area contributed by atoms with Crippen LogP contribution < -0.4 is 25.6 Å². The van der Waals surface area contributed by atoms with Crippen molar-refractivity contribution in [2.24, 2.45) is 0 Å². The number of amides is 3. The summed E-state index contributed by atoms with van der Waals surface area (Å²) >= 11 is 0. The number of nitrogens with one attached hydrogen (secondary N) is 3. The minimum atomic E-state index is -0.913. The number of ether oxygens (including phenoxy) is 2. The standard InChI is InChI=1S/C18H21N3O5/c1-3-10-26-14-8-4-12(11-15(14)25-2)5-9-16(22)20-21-18(24)17(23)19-13-6-7-13/h3-5,8-9,11,13H,1,6-7,10H2,2H3,(H,19,23)(H,20,22)(H,21,24)/b9-5+. The van der Waals surface area contributed by atoms with Gasteiger partial charge in [-0.2, -0.15) is 0 Å². The Bertz CT molecular complexity index is 726. The first-order valence-electron chi connectivity index (χ1n) is 8.04. The number of benzene rings is 1. The van der Waals surface area contributed by atoms with Gasteiger partial charge >= 0.3 is 11.8 Å². The zero-order chi connectivity index (χ0) is 18.9. The molecule has 0 atom stereocenters. The van der Waals surface area contributed by atoms with Crippen molar-refractivity contribution in [3.05, 3.63) is 42.5 Å². The zero-order valence-corrected chi connectivity index (χ0v) is 14.4. The highest BCUT2D eigenvalue weighted by Gasteiger charge is 2.26. The van der Waals surface area contributed by atoms with Crippen LogP contribution in [0.1, 0.15) is 18.4 Å². The number of hydrogen-bond donors (Lipinski definition) is 3. The molecule has 0 heterocycles. The quantitative estimate of drug-likeness (QED) is 0.288. The predicted molar refractivity (Wildman–Crippen MR) is 95.2 cm³/mol. The minimum Gasteiger partial charge on any atom is -0.493 e. The summed E-state index contributed by atoms with van der Waals surface area (Å²) in [4.78, 5) is 34.7. The summed E-state index contributed by atoms with van der Waals surface area (Å²) in [6.07, 6.45) is 6.12. The molecule has 1 aromatic carbocycles. The van der Waals surface area contributed by atoms with E-state index < -0.39 is 17.7 Å². The monoisotopic (exact) mass is 359 g/mol. The molecule has 0 saturated heterocycles. The van der Waals surface area contributed by atoms with Crippen molar-refractivity contribution in [3.8, 4) is 11.5 Å². The normalized spacial score (nSPS) is 13.0. The Morgan fingerprint density at radius 2 is 1.96 bits per heavy atom. The average Bonchev–Trinajstić information content (AvgIpc) is 3.46. The Morgan fingerprint density at radius 3 is 2.62 bits per heavy atom. The summed E-state index contributed by atoms with van der Waals surface area (Å²) in [6.45, 7) is 3.93. The molecule has 8 nitrogen and oxygen atoms in total. The largest absolute Gasteiger partial charge is 0.493 e. The Kier molecular flexibility index (Phi) is 6.78. The van der Waals surface area contributed by atoms with Gasteiger partial charge in [0.25, 0.3) is 5.91 Å². The van der Waals surface area contributed by atoms with Crippen molar-refractivity contribution in [1.82, 2.24) is 16.2 Å². The van der Waals surface area contributed by atoms with Gasteiger partial charge < -0.3 is 14.8 Å². The molecule has 8 heteroatoms. The highest BCUT2D eigenvalue weighted by atomic mass is 16.5. The topological polar surface area (TPSA) is 106 Å². The van der Waals surface area contributed by atoms with Crippen LogP contribution in [-0.2, 0) is 14.4 Å². The van der Waals surface area contributed by atoms with Crippen LogP contribution in [-0.4, -0.2) is 37.5 Å². The van der Waals surface area contributed by atoms with E-state index in [1.807, 2.05) is 0 Å². The number of methoxy groups -OCH3 is 1. The maximum atomic E-state index is 11.7. The first kappa shape index (κ1) is 19.0. The Labute approximate surface area is 151 Å². The molecule has 1 aliphatic carbocycles. The van der Waals surface area contributed by atoms with E-state index in [1.165, 1.54) is 19.3 Å². The van der Waals surface area contributed by atoms with Gasteiger partial charge in [0.2, 0.25) is 0 Å². The smallest absolute Gasteiger partial charge is 0.327 e. The second kappa shape index (κ2) is 9.26. The lowest BCUT2D eigenvalue weighted by Crippen LogP contribution is -2.48. The van der Waals surface area contributed by atoms with Crippen molar-refractivity contribution in [2.45, 2.75) is 18.9 Å². The number of carbonyl (C=O) groups is 3. The van der Waals surface area contributed by atoms with Crippen LogP contribution >= 0.6 is 0 Å². The highest BCUT2D eigenvalue weighted by molar-refractivity contribution is 6.35. The van der Waals surface area contributed by atoms with Gasteiger partial charge in [0.05, 0.1) is 7.11 Å². The SMILES string of the molecule is C=CCOc1ccc(/C=C/C(=O)NNC(=O)C(=O)NC2CC2)cc1OC. The lowest BCUT2D eigenvalue weighted by molar-refractivity contribution is -0.140. The first-order chi connectivity index (χ1) is 12.5. The first-order valence-corrected chi connectivity index (χ1v) is 8.04. The van der Waals surface area contributed by atoms with Crippen molar-refractivity contribution in [2.75, 3.05) is 13.7 Å². The molecule has 0 aliphatic heterocycles. The third-order valence-corrected chi connectivity index (χ3v) is 3.39. The van der Waals surface area contributed by atoms with Gasteiger partial charge in [0.15, 0.2) is 11.5 Å². The molecule has 0 unspecified atom stereocenters.